The van der Waals surface area contributed by atoms with Crippen LogP contribution in [0, 0.1) is 5.82 Å². The molecule has 1 saturated carbocycles. The van der Waals surface area contributed by atoms with Crippen LogP contribution in [0.4, 0.5) is 4.39 Å². The van der Waals surface area contributed by atoms with Crippen LogP contribution >= 0.6 is 0 Å². The molecule has 2 rings (SSSR count). The Balaban J connectivity index is 2.25. The Kier molecular flexibility index (Phi) is 2.52. The number of hydrogen-bond acceptors (Lipinski definition) is 3. The third-order valence-electron chi connectivity index (χ3n) is 2.70. The number of rotatable bonds is 2. The lowest BCUT2D eigenvalue weighted by molar-refractivity contribution is 0.407. The maximum absolute atomic E-state index is 13.3. The summed E-state index contributed by atoms with van der Waals surface area (Å²) in [6, 6.07) is 1.30. The van der Waals surface area contributed by atoms with Crippen molar-refractivity contribution in [3.8, 4) is 0 Å². The largest absolute Gasteiger partial charge is 0.493 e. The van der Waals surface area contributed by atoms with Crippen LogP contribution in [-0.2, 0) is 0 Å². The number of nitrogens with zero attached hydrogens (tertiary/aromatic N) is 1. The summed E-state index contributed by atoms with van der Waals surface area (Å²) in [7, 11) is -1.78. The molecule has 0 spiro atoms. The molecule has 14 heavy (non-hydrogen) atoms. The van der Waals surface area contributed by atoms with Crippen molar-refractivity contribution < 1.29 is 14.4 Å². The first-order valence-electron chi connectivity index (χ1n) is 4.70. The average Bonchev–Trinajstić information content (AvgIpc) is 2.00. The molecular formula is C9H11BFNO2. The summed E-state index contributed by atoms with van der Waals surface area (Å²) in [6.07, 6.45) is 4.47. The van der Waals surface area contributed by atoms with Gasteiger partial charge in [-0.1, -0.05) is 6.42 Å². The van der Waals surface area contributed by atoms with E-state index in [1.165, 1.54) is 18.7 Å². The van der Waals surface area contributed by atoms with Gasteiger partial charge in [0.1, 0.15) is 5.82 Å². The summed E-state index contributed by atoms with van der Waals surface area (Å²) in [5, 5.41) is 17.6. The van der Waals surface area contributed by atoms with Gasteiger partial charge >= 0.3 is 7.12 Å². The lowest BCUT2D eigenvalue weighted by atomic mass is 9.79. The molecule has 1 aromatic rings. The van der Waals surface area contributed by atoms with E-state index in [4.69, 9.17) is 10.0 Å². The molecule has 1 fully saturated rings. The summed E-state index contributed by atoms with van der Waals surface area (Å²) >= 11 is 0. The molecule has 0 atom stereocenters. The Labute approximate surface area is 81.8 Å². The van der Waals surface area contributed by atoms with Crippen molar-refractivity contribution in [3.63, 3.8) is 0 Å². The number of aromatic nitrogens is 1. The van der Waals surface area contributed by atoms with Crippen LogP contribution < -0.4 is 5.46 Å². The van der Waals surface area contributed by atoms with Crippen LogP contribution in [0.2, 0.25) is 0 Å². The van der Waals surface area contributed by atoms with Gasteiger partial charge in [-0.05, 0) is 18.9 Å². The van der Waals surface area contributed by atoms with E-state index >= 15 is 0 Å². The molecule has 0 aliphatic heterocycles. The van der Waals surface area contributed by atoms with Gasteiger partial charge in [0.05, 0.1) is 0 Å². The second kappa shape index (κ2) is 3.67. The average molecular weight is 195 g/mol. The first kappa shape index (κ1) is 9.61. The highest BCUT2D eigenvalue weighted by molar-refractivity contribution is 6.58. The summed E-state index contributed by atoms with van der Waals surface area (Å²) in [6.45, 7) is 0. The summed E-state index contributed by atoms with van der Waals surface area (Å²) in [4.78, 5) is 4.02. The molecular weight excluding hydrogens is 184 g/mol. The molecule has 2 N–H and O–H groups in total. The Morgan fingerprint density at radius 1 is 1.43 bits per heavy atom. The molecule has 3 nitrogen and oxygen atoms in total. The van der Waals surface area contributed by atoms with Crippen LogP contribution in [0.5, 0.6) is 0 Å². The third kappa shape index (κ3) is 1.65. The van der Waals surface area contributed by atoms with Gasteiger partial charge in [-0.2, -0.15) is 0 Å². The van der Waals surface area contributed by atoms with Crippen molar-refractivity contribution >= 4 is 12.6 Å². The molecule has 0 aromatic carbocycles. The Morgan fingerprint density at radius 2 is 2.14 bits per heavy atom. The zero-order valence-electron chi connectivity index (χ0n) is 7.65. The van der Waals surface area contributed by atoms with E-state index in [-0.39, 0.29) is 5.46 Å². The van der Waals surface area contributed by atoms with Crippen molar-refractivity contribution in [1.29, 1.82) is 0 Å². The molecule has 0 radical (unpaired) electrons. The van der Waals surface area contributed by atoms with Crippen molar-refractivity contribution in [2.45, 2.75) is 25.2 Å². The Hall–Kier alpha value is -0.935. The van der Waals surface area contributed by atoms with Crippen LogP contribution in [0.3, 0.4) is 0 Å². The highest BCUT2D eigenvalue weighted by Gasteiger charge is 2.23. The van der Waals surface area contributed by atoms with Gasteiger partial charge in [0.2, 0.25) is 0 Å². The minimum absolute atomic E-state index is 0.159. The third-order valence-corrected chi connectivity index (χ3v) is 2.70. The van der Waals surface area contributed by atoms with E-state index in [0.29, 0.717) is 5.92 Å². The van der Waals surface area contributed by atoms with E-state index in [0.717, 1.165) is 18.5 Å². The lowest BCUT2D eigenvalue weighted by Crippen LogP contribution is -2.33. The molecule has 5 heteroatoms. The quantitative estimate of drug-likeness (QED) is 0.661. The number of halogens is 1. The van der Waals surface area contributed by atoms with Gasteiger partial charge in [0.25, 0.3) is 0 Å². The van der Waals surface area contributed by atoms with Gasteiger partial charge in [-0.15, -0.1) is 0 Å². The maximum atomic E-state index is 13.3. The molecule has 1 aliphatic rings. The first-order valence-corrected chi connectivity index (χ1v) is 4.70. The second-order valence-corrected chi connectivity index (χ2v) is 3.63. The molecule has 0 saturated heterocycles. The maximum Gasteiger partial charge on any atom is 0.493 e. The Bertz CT molecular complexity index is 342. The zero-order chi connectivity index (χ0) is 10.1. The lowest BCUT2D eigenvalue weighted by Gasteiger charge is -2.24. The Morgan fingerprint density at radius 3 is 2.57 bits per heavy atom. The van der Waals surface area contributed by atoms with Crippen molar-refractivity contribution in [2.75, 3.05) is 0 Å². The van der Waals surface area contributed by atoms with Crippen molar-refractivity contribution in [3.05, 3.63) is 23.8 Å². The normalized spacial score (nSPS) is 16.5. The summed E-state index contributed by atoms with van der Waals surface area (Å²) < 4.78 is 13.3. The summed E-state index contributed by atoms with van der Waals surface area (Å²) in [5.41, 5.74) is 0.561. The van der Waals surface area contributed by atoms with Gasteiger partial charge in [0.15, 0.2) is 0 Å². The van der Waals surface area contributed by atoms with Crippen LogP contribution in [0.25, 0.3) is 0 Å². The van der Waals surface area contributed by atoms with Crippen LogP contribution in [0.15, 0.2) is 12.3 Å². The molecule has 74 valence electrons. The van der Waals surface area contributed by atoms with E-state index < -0.39 is 12.9 Å². The van der Waals surface area contributed by atoms with Crippen LogP contribution in [0.1, 0.15) is 30.9 Å². The monoisotopic (exact) mass is 195 g/mol. The van der Waals surface area contributed by atoms with E-state index in [1.807, 2.05) is 0 Å². The minimum atomic E-state index is -1.78. The molecule has 1 aromatic heterocycles. The minimum Gasteiger partial charge on any atom is -0.423 e. The van der Waals surface area contributed by atoms with Gasteiger partial charge in [-0.25, -0.2) is 4.39 Å². The van der Waals surface area contributed by atoms with E-state index in [1.54, 1.807) is 0 Å². The fourth-order valence-corrected chi connectivity index (χ4v) is 1.57. The molecule has 0 amide bonds. The standard InChI is InChI=1S/C9H11BFNO2/c11-8-4-9(6-2-1-3-6)12-5-7(8)10(13)14/h4-6,13-14H,1-3H2. The summed E-state index contributed by atoms with van der Waals surface area (Å²) in [5.74, 6) is -0.230. The molecule has 0 bridgehead atoms. The highest BCUT2D eigenvalue weighted by atomic mass is 19.1. The predicted molar refractivity (Wildman–Crippen MR) is 50.6 cm³/mol. The fraction of sp³-hybridized carbons (Fsp3) is 0.444. The number of pyridine rings is 1. The second-order valence-electron chi connectivity index (χ2n) is 3.63. The topological polar surface area (TPSA) is 53.4 Å². The molecule has 0 unspecified atom stereocenters. The van der Waals surface area contributed by atoms with Gasteiger partial charge in [0, 0.05) is 23.3 Å². The van der Waals surface area contributed by atoms with Crippen molar-refractivity contribution in [1.82, 2.24) is 4.98 Å². The molecule has 1 aliphatic carbocycles. The zero-order valence-corrected chi connectivity index (χ0v) is 7.65. The fourth-order valence-electron chi connectivity index (χ4n) is 1.57. The molecule has 1 heterocycles. The van der Waals surface area contributed by atoms with Gasteiger partial charge < -0.3 is 10.0 Å². The van der Waals surface area contributed by atoms with Gasteiger partial charge in [-0.3, -0.25) is 4.98 Å². The van der Waals surface area contributed by atoms with E-state index in [2.05, 4.69) is 4.98 Å². The van der Waals surface area contributed by atoms with Crippen molar-refractivity contribution in [2.24, 2.45) is 0 Å². The van der Waals surface area contributed by atoms with E-state index in [9.17, 15) is 4.39 Å². The predicted octanol–water partition coefficient (Wildman–Crippen LogP) is 0.168. The number of hydrogen-bond donors (Lipinski definition) is 2. The van der Waals surface area contributed by atoms with Crippen LogP contribution in [-0.4, -0.2) is 22.2 Å². The first-order chi connectivity index (χ1) is 6.68. The smallest absolute Gasteiger partial charge is 0.423 e. The highest BCUT2D eigenvalue weighted by Crippen LogP contribution is 2.34. The SMILES string of the molecule is OB(O)c1cnc(C2CCC2)cc1F.